The number of benzene rings is 2. The molecule has 1 fully saturated rings. The SMILES string of the molecule is CCc1ccc(C(C(=O)NC2CCCC2)N(Cc2ccccc2)C(=O)c2csnn2)cc1. The number of hydrogen-bond acceptors (Lipinski definition) is 5. The van der Waals surface area contributed by atoms with Gasteiger partial charge in [-0.05, 0) is 47.5 Å². The predicted molar refractivity (Wildman–Crippen MR) is 125 cm³/mol. The molecule has 1 aliphatic carbocycles. The second kappa shape index (κ2) is 10.5. The molecule has 0 saturated heterocycles. The Morgan fingerprint density at radius 2 is 1.78 bits per heavy atom. The highest BCUT2D eigenvalue weighted by Gasteiger charge is 2.34. The van der Waals surface area contributed by atoms with Gasteiger partial charge in [0.2, 0.25) is 5.91 Å². The van der Waals surface area contributed by atoms with E-state index in [4.69, 9.17) is 0 Å². The first-order valence-corrected chi connectivity index (χ1v) is 12.0. The fourth-order valence-electron chi connectivity index (χ4n) is 4.22. The van der Waals surface area contributed by atoms with Crippen LogP contribution in [0.15, 0.2) is 60.0 Å². The number of aromatic nitrogens is 2. The Bertz CT molecular complexity index is 1020. The third-order valence-corrected chi connectivity index (χ3v) is 6.51. The van der Waals surface area contributed by atoms with Crippen LogP contribution in [-0.4, -0.2) is 32.3 Å². The molecule has 2 aromatic carbocycles. The van der Waals surface area contributed by atoms with Crippen LogP contribution in [0.25, 0.3) is 0 Å². The number of nitrogens with one attached hydrogen (secondary N) is 1. The summed E-state index contributed by atoms with van der Waals surface area (Å²) in [7, 11) is 0. The van der Waals surface area contributed by atoms with Crippen LogP contribution in [0.4, 0.5) is 0 Å². The van der Waals surface area contributed by atoms with E-state index in [2.05, 4.69) is 21.8 Å². The Balaban J connectivity index is 1.72. The van der Waals surface area contributed by atoms with Crippen LogP contribution in [-0.2, 0) is 17.8 Å². The molecule has 1 unspecified atom stereocenters. The molecular formula is C25H28N4O2S. The predicted octanol–water partition coefficient (Wildman–Crippen LogP) is 4.54. The molecule has 0 radical (unpaired) electrons. The Hall–Kier alpha value is -3.06. The lowest BCUT2D eigenvalue weighted by Gasteiger charge is -2.32. The van der Waals surface area contributed by atoms with Gasteiger partial charge in [0.05, 0.1) is 0 Å². The molecular weight excluding hydrogens is 420 g/mol. The van der Waals surface area contributed by atoms with Gasteiger partial charge in [0.1, 0.15) is 6.04 Å². The molecule has 166 valence electrons. The molecule has 1 saturated carbocycles. The van der Waals surface area contributed by atoms with Gasteiger partial charge in [-0.1, -0.05) is 78.9 Å². The van der Waals surface area contributed by atoms with E-state index in [1.165, 1.54) is 5.56 Å². The highest BCUT2D eigenvalue weighted by atomic mass is 32.1. The third-order valence-electron chi connectivity index (χ3n) is 6.00. The van der Waals surface area contributed by atoms with E-state index in [-0.39, 0.29) is 23.6 Å². The minimum Gasteiger partial charge on any atom is -0.351 e. The summed E-state index contributed by atoms with van der Waals surface area (Å²) in [6, 6.07) is 17.1. The second-order valence-electron chi connectivity index (χ2n) is 8.20. The summed E-state index contributed by atoms with van der Waals surface area (Å²) < 4.78 is 3.86. The van der Waals surface area contributed by atoms with E-state index >= 15 is 0 Å². The van der Waals surface area contributed by atoms with E-state index < -0.39 is 6.04 Å². The van der Waals surface area contributed by atoms with Gasteiger partial charge in [0.15, 0.2) is 5.69 Å². The lowest BCUT2D eigenvalue weighted by molar-refractivity contribution is -0.126. The van der Waals surface area contributed by atoms with Crippen LogP contribution in [0.2, 0.25) is 0 Å². The summed E-state index contributed by atoms with van der Waals surface area (Å²) in [5.74, 6) is -0.442. The molecule has 0 spiro atoms. The van der Waals surface area contributed by atoms with E-state index in [1.54, 1.807) is 10.3 Å². The van der Waals surface area contributed by atoms with Gasteiger partial charge in [0.25, 0.3) is 5.91 Å². The van der Waals surface area contributed by atoms with Crippen LogP contribution < -0.4 is 5.32 Å². The maximum absolute atomic E-state index is 13.6. The summed E-state index contributed by atoms with van der Waals surface area (Å²) in [5, 5.41) is 8.83. The van der Waals surface area contributed by atoms with E-state index in [0.29, 0.717) is 6.54 Å². The summed E-state index contributed by atoms with van der Waals surface area (Å²) in [4.78, 5) is 28.8. The molecule has 6 nitrogen and oxygen atoms in total. The zero-order valence-corrected chi connectivity index (χ0v) is 19.1. The van der Waals surface area contributed by atoms with Crippen molar-refractivity contribution in [3.05, 3.63) is 82.4 Å². The van der Waals surface area contributed by atoms with Crippen molar-refractivity contribution in [1.29, 1.82) is 0 Å². The van der Waals surface area contributed by atoms with Crippen molar-refractivity contribution in [1.82, 2.24) is 19.8 Å². The van der Waals surface area contributed by atoms with Crippen molar-refractivity contribution in [2.24, 2.45) is 0 Å². The van der Waals surface area contributed by atoms with Gasteiger partial charge in [-0.3, -0.25) is 9.59 Å². The van der Waals surface area contributed by atoms with Crippen molar-refractivity contribution in [2.45, 2.75) is 57.7 Å². The molecule has 2 amide bonds. The Labute approximate surface area is 192 Å². The number of nitrogens with zero attached hydrogens (tertiary/aromatic N) is 3. The summed E-state index contributed by atoms with van der Waals surface area (Å²) in [6.07, 6.45) is 5.12. The van der Waals surface area contributed by atoms with Gasteiger partial charge in [-0.25, -0.2) is 0 Å². The smallest absolute Gasteiger partial charge is 0.276 e. The van der Waals surface area contributed by atoms with Crippen molar-refractivity contribution in [2.75, 3.05) is 0 Å². The van der Waals surface area contributed by atoms with Crippen LogP contribution in [0, 0.1) is 0 Å². The summed E-state index contributed by atoms with van der Waals surface area (Å²) in [6.45, 7) is 2.40. The monoisotopic (exact) mass is 448 g/mol. The van der Waals surface area contributed by atoms with Crippen LogP contribution in [0.5, 0.6) is 0 Å². The van der Waals surface area contributed by atoms with Gasteiger partial charge in [-0.2, -0.15) is 0 Å². The highest BCUT2D eigenvalue weighted by Crippen LogP contribution is 2.28. The maximum atomic E-state index is 13.6. The fourth-order valence-corrected chi connectivity index (χ4v) is 4.65. The van der Waals surface area contributed by atoms with Crippen molar-refractivity contribution < 1.29 is 9.59 Å². The number of carbonyl (C=O) groups is 2. The van der Waals surface area contributed by atoms with Gasteiger partial charge in [0, 0.05) is 18.0 Å². The molecule has 0 bridgehead atoms. The van der Waals surface area contributed by atoms with Gasteiger partial charge in [-0.15, -0.1) is 5.10 Å². The number of carbonyl (C=O) groups excluding carboxylic acids is 2. The minimum atomic E-state index is -0.754. The van der Waals surface area contributed by atoms with Crippen LogP contribution in [0.1, 0.15) is 65.8 Å². The molecule has 1 atom stereocenters. The first-order valence-electron chi connectivity index (χ1n) is 11.2. The van der Waals surface area contributed by atoms with Gasteiger partial charge >= 0.3 is 0 Å². The maximum Gasteiger partial charge on any atom is 0.276 e. The first kappa shape index (κ1) is 22.1. The number of rotatable bonds is 8. The Morgan fingerprint density at radius 1 is 1.06 bits per heavy atom. The number of amides is 2. The van der Waals surface area contributed by atoms with E-state index in [9.17, 15) is 9.59 Å². The third kappa shape index (κ3) is 5.22. The topological polar surface area (TPSA) is 75.2 Å². The normalized spacial score (nSPS) is 14.8. The zero-order valence-electron chi connectivity index (χ0n) is 18.2. The highest BCUT2D eigenvalue weighted by molar-refractivity contribution is 7.03. The number of hydrogen-bond donors (Lipinski definition) is 1. The number of aryl methyl sites for hydroxylation is 1. The summed E-state index contributed by atoms with van der Waals surface area (Å²) in [5.41, 5.74) is 3.20. The molecule has 32 heavy (non-hydrogen) atoms. The van der Waals surface area contributed by atoms with Crippen LogP contribution in [0.3, 0.4) is 0 Å². The molecule has 1 aromatic heterocycles. The molecule has 1 heterocycles. The second-order valence-corrected chi connectivity index (χ2v) is 8.81. The van der Waals surface area contributed by atoms with Crippen molar-refractivity contribution in [3.63, 3.8) is 0 Å². The molecule has 7 heteroatoms. The quantitative estimate of drug-likeness (QED) is 0.549. The minimum absolute atomic E-state index is 0.145. The lowest BCUT2D eigenvalue weighted by atomic mass is 10.00. The Morgan fingerprint density at radius 3 is 2.41 bits per heavy atom. The molecule has 0 aliphatic heterocycles. The first-order chi connectivity index (χ1) is 15.7. The van der Waals surface area contributed by atoms with E-state index in [1.807, 2.05) is 54.6 Å². The zero-order chi connectivity index (χ0) is 22.3. The van der Waals surface area contributed by atoms with Crippen LogP contribution >= 0.6 is 11.5 Å². The molecule has 1 N–H and O–H groups in total. The van der Waals surface area contributed by atoms with Crippen molar-refractivity contribution >= 4 is 23.3 Å². The fraction of sp³-hybridized carbons (Fsp3) is 0.360. The summed E-state index contributed by atoms with van der Waals surface area (Å²) >= 11 is 1.13. The average Bonchev–Trinajstić information content (AvgIpc) is 3.54. The molecule has 3 aromatic rings. The molecule has 1 aliphatic rings. The lowest BCUT2D eigenvalue weighted by Crippen LogP contribution is -2.46. The van der Waals surface area contributed by atoms with E-state index in [0.717, 1.165) is 54.8 Å². The average molecular weight is 449 g/mol. The largest absolute Gasteiger partial charge is 0.351 e. The standard InChI is InChI=1S/C25H28N4O2S/c1-2-18-12-14-20(15-13-18)23(24(30)26-21-10-6-7-11-21)29(16-19-8-4-3-5-9-19)25(31)22-17-32-28-27-22/h3-5,8-9,12-15,17,21,23H,2,6-7,10-11,16H2,1H3,(H,26,30). The molecule has 4 rings (SSSR count). The van der Waals surface area contributed by atoms with Gasteiger partial charge < -0.3 is 10.2 Å². The Kier molecular flexibility index (Phi) is 7.27. The van der Waals surface area contributed by atoms with Crippen molar-refractivity contribution in [3.8, 4) is 0 Å².